The topological polar surface area (TPSA) is 55.1 Å². The number of amides is 1. The summed E-state index contributed by atoms with van der Waals surface area (Å²) in [5, 5.41) is 3.77. The van der Waals surface area contributed by atoms with Crippen LogP contribution in [0, 0.1) is 0 Å². The number of anilines is 1. The highest BCUT2D eigenvalue weighted by atomic mass is 35.5. The minimum absolute atomic E-state index is 0.127. The maximum Gasteiger partial charge on any atom is 0.234 e. The molecule has 0 bridgehead atoms. The van der Waals surface area contributed by atoms with E-state index in [-0.39, 0.29) is 5.91 Å². The van der Waals surface area contributed by atoms with Gasteiger partial charge in [-0.05, 0) is 30.9 Å². The van der Waals surface area contributed by atoms with E-state index in [0.717, 1.165) is 12.2 Å². The van der Waals surface area contributed by atoms with Gasteiger partial charge in [-0.1, -0.05) is 34.8 Å². The van der Waals surface area contributed by atoms with Gasteiger partial charge in [-0.25, -0.2) is 0 Å². The van der Waals surface area contributed by atoms with Crippen LogP contribution in [0.3, 0.4) is 0 Å². The maximum atomic E-state index is 11.6. The van der Waals surface area contributed by atoms with Crippen molar-refractivity contribution in [3.63, 3.8) is 0 Å². The summed E-state index contributed by atoms with van der Waals surface area (Å²) in [6.07, 6.45) is 0.894. The molecule has 0 saturated carbocycles. The van der Waals surface area contributed by atoms with E-state index < -0.39 is 0 Å². The lowest BCUT2D eigenvalue weighted by Crippen LogP contribution is -2.15. The Hall–Kier alpha value is -0.130. The van der Waals surface area contributed by atoms with Gasteiger partial charge in [0.25, 0.3) is 0 Å². The molecule has 0 spiro atoms. The highest BCUT2D eigenvalue weighted by Crippen LogP contribution is 2.32. The van der Waals surface area contributed by atoms with Crippen LogP contribution in [-0.4, -0.2) is 24.0 Å². The zero-order chi connectivity index (χ0) is 13.5. The summed E-state index contributed by atoms with van der Waals surface area (Å²) in [6, 6.07) is 3.04. The number of nitrogens with two attached hydrogens (primary N) is 1. The lowest BCUT2D eigenvalue weighted by Gasteiger charge is -2.08. The Labute approximate surface area is 125 Å². The third-order valence-corrected chi connectivity index (χ3v) is 4.09. The molecule has 1 aromatic carbocycles. The van der Waals surface area contributed by atoms with E-state index in [2.05, 4.69) is 5.32 Å². The molecule has 1 rings (SSSR count). The second-order valence-electron chi connectivity index (χ2n) is 3.49. The van der Waals surface area contributed by atoms with Gasteiger partial charge < -0.3 is 11.1 Å². The first-order valence-electron chi connectivity index (χ1n) is 5.26. The maximum absolute atomic E-state index is 11.6. The molecule has 0 saturated heterocycles. The molecule has 100 valence electrons. The van der Waals surface area contributed by atoms with Gasteiger partial charge in [-0.15, -0.1) is 0 Å². The van der Waals surface area contributed by atoms with Crippen molar-refractivity contribution in [2.24, 2.45) is 5.73 Å². The fourth-order valence-corrected chi connectivity index (χ4v) is 2.52. The molecule has 0 aliphatic carbocycles. The molecule has 0 aliphatic rings. The fourth-order valence-electron chi connectivity index (χ4n) is 1.15. The number of halogens is 3. The standard InChI is InChI=1S/C11H13Cl3N2OS/c12-7-4-9(14)10(5-8(7)13)16-11(17)6-18-3-1-2-15/h4-5H,1-3,6,15H2,(H,16,17). The summed E-state index contributed by atoms with van der Waals surface area (Å²) in [7, 11) is 0. The molecule has 7 heteroatoms. The molecule has 18 heavy (non-hydrogen) atoms. The minimum atomic E-state index is -0.127. The second kappa shape index (κ2) is 8.12. The Morgan fingerprint density at radius 1 is 1.22 bits per heavy atom. The van der Waals surface area contributed by atoms with Crippen molar-refractivity contribution >= 4 is 58.2 Å². The highest BCUT2D eigenvalue weighted by molar-refractivity contribution is 7.99. The van der Waals surface area contributed by atoms with Gasteiger partial charge in [-0.3, -0.25) is 4.79 Å². The molecule has 0 atom stereocenters. The molecule has 3 nitrogen and oxygen atoms in total. The summed E-state index contributed by atoms with van der Waals surface area (Å²) in [5.41, 5.74) is 5.83. The van der Waals surface area contributed by atoms with Gasteiger partial charge in [0.1, 0.15) is 0 Å². The monoisotopic (exact) mass is 326 g/mol. The second-order valence-corrected chi connectivity index (χ2v) is 5.82. The predicted octanol–water partition coefficient (Wildman–Crippen LogP) is 3.67. The smallest absolute Gasteiger partial charge is 0.234 e. The largest absolute Gasteiger partial charge is 0.330 e. The average molecular weight is 328 g/mol. The first kappa shape index (κ1) is 15.9. The van der Waals surface area contributed by atoms with E-state index in [9.17, 15) is 4.79 Å². The first-order chi connectivity index (χ1) is 8.54. The third kappa shape index (κ3) is 5.24. The Bertz CT molecular complexity index is 429. The molecule has 0 aliphatic heterocycles. The van der Waals surface area contributed by atoms with Crippen molar-refractivity contribution in [2.45, 2.75) is 6.42 Å². The van der Waals surface area contributed by atoms with Gasteiger partial charge in [0.05, 0.1) is 26.5 Å². The van der Waals surface area contributed by atoms with Crippen LogP contribution >= 0.6 is 46.6 Å². The number of hydrogen-bond donors (Lipinski definition) is 2. The minimum Gasteiger partial charge on any atom is -0.330 e. The number of thioether (sulfide) groups is 1. The van der Waals surface area contributed by atoms with E-state index in [1.807, 2.05) is 0 Å². The van der Waals surface area contributed by atoms with Crippen molar-refractivity contribution in [2.75, 3.05) is 23.4 Å². The number of hydrogen-bond acceptors (Lipinski definition) is 3. The fraction of sp³-hybridized carbons (Fsp3) is 0.364. The molecule has 3 N–H and O–H groups in total. The number of carbonyl (C=O) groups is 1. The van der Waals surface area contributed by atoms with Crippen LogP contribution in [0.5, 0.6) is 0 Å². The van der Waals surface area contributed by atoms with E-state index in [1.165, 1.54) is 23.9 Å². The summed E-state index contributed by atoms with van der Waals surface area (Å²) < 4.78 is 0. The van der Waals surface area contributed by atoms with Gasteiger partial charge in [0.15, 0.2) is 0 Å². The van der Waals surface area contributed by atoms with Gasteiger partial charge in [0, 0.05) is 0 Å². The highest BCUT2D eigenvalue weighted by Gasteiger charge is 2.09. The van der Waals surface area contributed by atoms with E-state index in [4.69, 9.17) is 40.5 Å². The number of nitrogens with one attached hydrogen (secondary N) is 1. The quantitative estimate of drug-likeness (QED) is 0.619. The summed E-state index contributed by atoms with van der Waals surface area (Å²) in [6.45, 7) is 0.632. The third-order valence-electron chi connectivity index (χ3n) is 2.01. The lowest BCUT2D eigenvalue weighted by atomic mass is 10.3. The normalized spacial score (nSPS) is 10.4. The van der Waals surface area contributed by atoms with Crippen LogP contribution in [0.15, 0.2) is 12.1 Å². The van der Waals surface area contributed by atoms with Crippen LogP contribution in [-0.2, 0) is 4.79 Å². The van der Waals surface area contributed by atoms with Crippen molar-refractivity contribution in [1.82, 2.24) is 0 Å². The molecular formula is C11H13Cl3N2OS. The molecule has 1 aromatic rings. The van der Waals surface area contributed by atoms with Gasteiger partial charge in [-0.2, -0.15) is 11.8 Å². The van der Waals surface area contributed by atoms with Crippen molar-refractivity contribution in [3.05, 3.63) is 27.2 Å². The van der Waals surface area contributed by atoms with Gasteiger partial charge in [0.2, 0.25) is 5.91 Å². The Kier molecular flexibility index (Phi) is 7.19. The molecule has 0 unspecified atom stereocenters. The van der Waals surface area contributed by atoms with Crippen LogP contribution in [0.1, 0.15) is 6.42 Å². The van der Waals surface area contributed by atoms with Crippen LogP contribution in [0.4, 0.5) is 5.69 Å². The molecular weight excluding hydrogens is 315 g/mol. The van der Waals surface area contributed by atoms with Crippen molar-refractivity contribution in [3.8, 4) is 0 Å². The summed E-state index contributed by atoms with van der Waals surface area (Å²) in [4.78, 5) is 11.6. The summed E-state index contributed by atoms with van der Waals surface area (Å²) >= 11 is 19.1. The predicted molar refractivity (Wildman–Crippen MR) is 81.1 cm³/mol. The molecule has 0 fully saturated rings. The van der Waals surface area contributed by atoms with Crippen LogP contribution < -0.4 is 11.1 Å². The van der Waals surface area contributed by atoms with Crippen molar-refractivity contribution in [1.29, 1.82) is 0 Å². The van der Waals surface area contributed by atoms with Crippen LogP contribution in [0.25, 0.3) is 0 Å². The Morgan fingerprint density at radius 2 is 1.89 bits per heavy atom. The van der Waals surface area contributed by atoms with E-state index in [1.54, 1.807) is 0 Å². The Balaban J connectivity index is 2.51. The van der Waals surface area contributed by atoms with Crippen LogP contribution in [0.2, 0.25) is 15.1 Å². The van der Waals surface area contributed by atoms with E-state index >= 15 is 0 Å². The Morgan fingerprint density at radius 3 is 2.56 bits per heavy atom. The van der Waals surface area contributed by atoms with Crippen molar-refractivity contribution < 1.29 is 4.79 Å². The molecule has 0 radical (unpaired) electrons. The van der Waals surface area contributed by atoms with E-state index in [0.29, 0.717) is 33.1 Å². The average Bonchev–Trinajstić information content (AvgIpc) is 2.32. The molecule has 1 amide bonds. The number of benzene rings is 1. The molecule has 0 aromatic heterocycles. The van der Waals surface area contributed by atoms with Gasteiger partial charge >= 0.3 is 0 Å². The first-order valence-corrected chi connectivity index (χ1v) is 7.55. The SMILES string of the molecule is NCCCSCC(=O)Nc1cc(Cl)c(Cl)cc1Cl. The zero-order valence-corrected chi connectivity index (χ0v) is 12.6. The number of carbonyl (C=O) groups excluding carboxylic acids is 1. The zero-order valence-electron chi connectivity index (χ0n) is 9.51. The molecule has 0 heterocycles. The number of rotatable bonds is 6. The lowest BCUT2D eigenvalue weighted by molar-refractivity contribution is -0.113. The summed E-state index contributed by atoms with van der Waals surface area (Å²) in [5.74, 6) is 1.09.